The van der Waals surface area contributed by atoms with Crippen LogP contribution in [0.25, 0.3) is 0 Å². The number of halogens is 1. The van der Waals surface area contributed by atoms with Crippen molar-refractivity contribution in [2.45, 2.75) is 12.6 Å². The number of β-amino-alcohol motifs (C(OH)–C–C–N with tert-alkyl or cyclic N) is 1. The molecule has 1 saturated heterocycles. The smallest absolute Gasteiger partial charge is 0.277 e. The highest BCUT2D eigenvalue weighted by Gasteiger charge is 2.22. The van der Waals surface area contributed by atoms with Crippen LogP contribution in [0.3, 0.4) is 0 Å². The number of hydrogen-bond donors (Lipinski definition) is 2. The van der Waals surface area contributed by atoms with Crippen LogP contribution in [0, 0.1) is 0 Å². The maximum atomic E-state index is 12.4. The van der Waals surface area contributed by atoms with E-state index in [0.29, 0.717) is 29.7 Å². The predicted octanol–water partition coefficient (Wildman–Crippen LogP) is 3.43. The summed E-state index contributed by atoms with van der Waals surface area (Å²) in [7, 11) is 0. The third-order valence-corrected chi connectivity index (χ3v) is 5.58. The molecule has 1 aliphatic heterocycles. The van der Waals surface area contributed by atoms with E-state index < -0.39 is 6.10 Å². The zero-order valence-electron chi connectivity index (χ0n) is 17.1. The molecule has 0 radical (unpaired) electrons. The van der Waals surface area contributed by atoms with Crippen LogP contribution in [-0.2, 0) is 6.54 Å². The molecule has 0 unspecified atom stereocenters. The fourth-order valence-electron chi connectivity index (χ4n) is 3.56. The first-order valence-electron chi connectivity index (χ1n) is 10.3. The van der Waals surface area contributed by atoms with Crippen molar-refractivity contribution in [3.05, 3.63) is 83.0 Å². The van der Waals surface area contributed by atoms with Gasteiger partial charge in [-0.3, -0.25) is 14.6 Å². The van der Waals surface area contributed by atoms with Gasteiger partial charge in [0.05, 0.1) is 12.6 Å². The normalized spacial score (nSPS) is 16.2. The molecule has 1 aliphatic rings. The Morgan fingerprint density at radius 3 is 2.45 bits per heavy atom. The molecule has 1 amide bonds. The van der Waals surface area contributed by atoms with Gasteiger partial charge in [0.1, 0.15) is 6.26 Å². The van der Waals surface area contributed by atoms with Gasteiger partial charge in [-0.15, -0.1) is 0 Å². The number of piperazine rings is 1. The topological polar surface area (TPSA) is 81.8 Å². The van der Waals surface area contributed by atoms with Crippen LogP contribution in [0.1, 0.15) is 28.0 Å². The molecule has 0 spiro atoms. The van der Waals surface area contributed by atoms with Gasteiger partial charge in [0.2, 0.25) is 5.89 Å². The van der Waals surface area contributed by atoms with Crippen molar-refractivity contribution in [1.29, 1.82) is 0 Å². The maximum Gasteiger partial charge on any atom is 0.277 e. The molecule has 1 atom stereocenters. The van der Waals surface area contributed by atoms with Gasteiger partial charge in [-0.2, -0.15) is 0 Å². The molecule has 162 valence electrons. The molecule has 2 heterocycles. The molecule has 0 saturated carbocycles. The van der Waals surface area contributed by atoms with Gasteiger partial charge in [-0.1, -0.05) is 41.9 Å². The number of oxazole rings is 1. The lowest BCUT2D eigenvalue weighted by Gasteiger charge is -2.35. The number of aromatic nitrogens is 1. The molecule has 2 N–H and O–H groups in total. The third kappa shape index (κ3) is 5.92. The molecule has 0 bridgehead atoms. The van der Waals surface area contributed by atoms with Gasteiger partial charge in [0.15, 0.2) is 5.69 Å². The number of aliphatic hydroxyl groups excluding tert-OH is 1. The molecule has 31 heavy (non-hydrogen) atoms. The summed E-state index contributed by atoms with van der Waals surface area (Å²) in [5.74, 6) is 0.191. The zero-order chi connectivity index (χ0) is 21.6. The number of rotatable bonds is 7. The highest BCUT2D eigenvalue weighted by atomic mass is 35.5. The Bertz CT molecular complexity index is 986. The van der Waals surface area contributed by atoms with E-state index in [1.165, 1.54) is 6.26 Å². The van der Waals surface area contributed by atoms with E-state index in [0.717, 1.165) is 31.7 Å². The second kappa shape index (κ2) is 10.1. The molecule has 3 aromatic rings. The number of amides is 1. The lowest BCUT2D eigenvalue weighted by Crippen LogP contribution is -2.47. The molecule has 8 heteroatoms. The Hall–Kier alpha value is -2.71. The van der Waals surface area contributed by atoms with Gasteiger partial charge in [0.25, 0.3) is 5.91 Å². The number of benzene rings is 2. The van der Waals surface area contributed by atoms with E-state index in [2.05, 4.69) is 20.1 Å². The molecule has 4 rings (SSSR count). The second-order valence-electron chi connectivity index (χ2n) is 7.59. The SMILES string of the molecule is O=C(Nc1ccc(Cl)cc1)c1coc(CN2CCN(C[C@@H](O)c3ccccc3)CC2)n1. The van der Waals surface area contributed by atoms with E-state index in [1.807, 2.05) is 30.3 Å². The molecular weight excluding hydrogens is 416 g/mol. The molecule has 0 aliphatic carbocycles. The van der Waals surface area contributed by atoms with E-state index in [4.69, 9.17) is 16.0 Å². The van der Waals surface area contributed by atoms with E-state index in [9.17, 15) is 9.90 Å². The highest BCUT2D eigenvalue weighted by molar-refractivity contribution is 6.30. The first-order chi connectivity index (χ1) is 15.1. The van der Waals surface area contributed by atoms with Gasteiger partial charge < -0.3 is 14.8 Å². The lowest BCUT2D eigenvalue weighted by molar-refractivity contribution is 0.0671. The number of hydrogen-bond acceptors (Lipinski definition) is 6. The Morgan fingerprint density at radius 2 is 1.74 bits per heavy atom. The van der Waals surface area contributed by atoms with Crippen molar-refractivity contribution in [3.63, 3.8) is 0 Å². The first-order valence-corrected chi connectivity index (χ1v) is 10.6. The lowest BCUT2D eigenvalue weighted by atomic mass is 10.1. The van der Waals surface area contributed by atoms with Crippen LogP contribution in [0.15, 0.2) is 65.3 Å². The predicted molar refractivity (Wildman–Crippen MR) is 119 cm³/mol. The minimum Gasteiger partial charge on any atom is -0.447 e. The Kier molecular flexibility index (Phi) is 6.99. The van der Waals surface area contributed by atoms with Crippen molar-refractivity contribution in [3.8, 4) is 0 Å². The summed E-state index contributed by atoms with van der Waals surface area (Å²) in [6, 6.07) is 16.6. The number of aliphatic hydroxyl groups is 1. The number of carbonyl (C=O) groups is 1. The van der Waals surface area contributed by atoms with Gasteiger partial charge >= 0.3 is 0 Å². The summed E-state index contributed by atoms with van der Waals surface area (Å²) in [6.45, 7) is 4.56. The van der Waals surface area contributed by atoms with Gasteiger partial charge in [-0.25, -0.2) is 4.98 Å². The summed E-state index contributed by atoms with van der Waals surface area (Å²) in [6.07, 6.45) is 0.897. The largest absolute Gasteiger partial charge is 0.447 e. The number of nitrogens with one attached hydrogen (secondary N) is 1. The quantitative estimate of drug-likeness (QED) is 0.585. The average molecular weight is 441 g/mol. The van der Waals surface area contributed by atoms with Crippen LogP contribution in [-0.4, -0.2) is 58.5 Å². The van der Waals surface area contributed by atoms with E-state index in [-0.39, 0.29) is 11.6 Å². The molecule has 1 aromatic heterocycles. The molecule has 7 nitrogen and oxygen atoms in total. The Labute approximate surface area is 186 Å². The van der Waals surface area contributed by atoms with E-state index in [1.54, 1.807) is 24.3 Å². The number of carbonyl (C=O) groups excluding carboxylic acids is 1. The summed E-state index contributed by atoms with van der Waals surface area (Å²) >= 11 is 5.86. The van der Waals surface area contributed by atoms with Crippen LogP contribution in [0.4, 0.5) is 5.69 Å². The Morgan fingerprint density at radius 1 is 1.06 bits per heavy atom. The Balaban J connectivity index is 1.24. The summed E-state index contributed by atoms with van der Waals surface area (Å²) in [5.41, 5.74) is 1.83. The van der Waals surface area contributed by atoms with Crippen molar-refractivity contribution in [1.82, 2.24) is 14.8 Å². The fraction of sp³-hybridized carbons (Fsp3) is 0.304. The maximum absolute atomic E-state index is 12.4. The van der Waals surface area contributed by atoms with Crippen molar-refractivity contribution in [2.24, 2.45) is 0 Å². The number of anilines is 1. The van der Waals surface area contributed by atoms with Crippen molar-refractivity contribution >= 4 is 23.2 Å². The van der Waals surface area contributed by atoms with Crippen LogP contribution in [0.2, 0.25) is 5.02 Å². The van der Waals surface area contributed by atoms with Gasteiger partial charge in [-0.05, 0) is 29.8 Å². The minimum absolute atomic E-state index is 0.245. The third-order valence-electron chi connectivity index (χ3n) is 5.33. The zero-order valence-corrected chi connectivity index (χ0v) is 17.8. The van der Waals surface area contributed by atoms with Crippen molar-refractivity contribution in [2.75, 3.05) is 38.0 Å². The van der Waals surface area contributed by atoms with Crippen LogP contribution < -0.4 is 5.32 Å². The van der Waals surface area contributed by atoms with Gasteiger partial charge in [0, 0.05) is 43.4 Å². The monoisotopic (exact) mass is 440 g/mol. The second-order valence-corrected chi connectivity index (χ2v) is 8.03. The molecule has 1 fully saturated rings. The first kappa shape index (κ1) is 21.5. The van der Waals surface area contributed by atoms with E-state index >= 15 is 0 Å². The van der Waals surface area contributed by atoms with Crippen LogP contribution in [0.5, 0.6) is 0 Å². The van der Waals surface area contributed by atoms with Crippen LogP contribution >= 0.6 is 11.6 Å². The summed E-state index contributed by atoms with van der Waals surface area (Å²) < 4.78 is 5.51. The highest BCUT2D eigenvalue weighted by Crippen LogP contribution is 2.17. The molecule has 2 aromatic carbocycles. The minimum atomic E-state index is -0.485. The standard InChI is InChI=1S/C23H25ClN4O3/c24-18-6-8-19(9-7-18)25-23(30)20-16-31-22(26-20)15-28-12-10-27(11-13-28)14-21(29)17-4-2-1-3-5-17/h1-9,16,21,29H,10-15H2,(H,25,30)/t21-/m1/s1. The van der Waals surface area contributed by atoms with Crippen molar-refractivity contribution < 1.29 is 14.3 Å². The average Bonchev–Trinajstić information content (AvgIpc) is 3.26. The summed E-state index contributed by atoms with van der Waals surface area (Å²) in [5, 5.41) is 13.8. The number of nitrogens with zero attached hydrogens (tertiary/aromatic N) is 3. The fourth-order valence-corrected chi connectivity index (χ4v) is 3.69. The summed E-state index contributed by atoms with van der Waals surface area (Å²) in [4.78, 5) is 21.2. The molecular formula is C23H25ClN4O3.